The van der Waals surface area contributed by atoms with E-state index in [0.29, 0.717) is 0 Å². The lowest BCUT2D eigenvalue weighted by atomic mass is 9.87. The van der Waals surface area contributed by atoms with E-state index in [9.17, 15) is 4.79 Å². The molecular formula is C28H26O3. The number of rotatable bonds is 7. The Morgan fingerprint density at radius 1 is 0.742 bits per heavy atom. The van der Waals surface area contributed by atoms with E-state index in [2.05, 4.69) is 38.1 Å². The molecule has 3 nitrogen and oxygen atoms in total. The minimum atomic E-state index is -0.312. The molecule has 0 saturated carbocycles. The summed E-state index contributed by atoms with van der Waals surface area (Å²) in [5.74, 6) is 1.09. The molecule has 0 spiro atoms. The van der Waals surface area contributed by atoms with E-state index in [1.54, 1.807) is 0 Å². The van der Waals surface area contributed by atoms with Crippen LogP contribution in [-0.2, 0) is 16.1 Å². The van der Waals surface area contributed by atoms with Gasteiger partial charge in [0.05, 0.1) is 5.92 Å². The topological polar surface area (TPSA) is 35.5 Å². The summed E-state index contributed by atoms with van der Waals surface area (Å²) >= 11 is 0. The second-order valence-corrected chi connectivity index (χ2v) is 8.00. The molecule has 1 unspecified atom stereocenters. The summed E-state index contributed by atoms with van der Waals surface area (Å²) in [5, 5.41) is 2.29. The highest BCUT2D eigenvalue weighted by molar-refractivity contribution is 5.86. The Labute approximate surface area is 183 Å². The molecule has 0 fully saturated rings. The fourth-order valence-corrected chi connectivity index (χ4v) is 3.76. The van der Waals surface area contributed by atoms with Gasteiger partial charge in [-0.3, -0.25) is 4.79 Å². The molecule has 4 aromatic rings. The SMILES string of the molecule is CC(C)C(C(=O)OCc1cccc(Oc2ccccc2)c1)c1ccc2ccccc2c1. The number of carbonyl (C=O) groups is 1. The van der Waals surface area contributed by atoms with Crippen LogP contribution >= 0.6 is 0 Å². The molecule has 0 amide bonds. The summed E-state index contributed by atoms with van der Waals surface area (Å²) in [7, 11) is 0. The van der Waals surface area contributed by atoms with Crippen LogP contribution in [0.3, 0.4) is 0 Å². The zero-order chi connectivity index (χ0) is 21.6. The van der Waals surface area contributed by atoms with Crippen molar-refractivity contribution in [2.45, 2.75) is 26.4 Å². The average molecular weight is 411 g/mol. The van der Waals surface area contributed by atoms with Crippen molar-refractivity contribution in [3.05, 3.63) is 108 Å². The van der Waals surface area contributed by atoms with Crippen molar-refractivity contribution in [3.63, 3.8) is 0 Å². The first-order valence-electron chi connectivity index (χ1n) is 10.6. The lowest BCUT2D eigenvalue weighted by Crippen LogP contribution is -2.20. The van der Waals surface area contributed by atoms with E-state index >= 15 is 0 Å². The molecule has 0 aliphatic carbocycles. The molecule has 0 aromatic heterocycles. The quantitative estimate of drug-likeness (QED) is 0.304. The molecular weight excluding hydrogens is 384 g/mol. The van der Waals surface area contributed by atoms with Crippen molar-refractivity contribution in [2.24, 2.45) is 5.92 Å². The number of esters is 1. The van der Waals surface area contributed by atoms with Crippen LogP contribution in [0.2, 0.25) is 0 Å². The van der Waals surface area contributed by atoms with Crippen LogP contribution in [0, 0.1) is 5.92 Å². The fraction of sp³-hybridized carbons (Fsp3) is 0.179. The molecule has 0 radical (unpaired) electrons. The zero-order valence-corrected chi connectivity index (χ0v) is 17.8. The second-order valence-electron chi connectivity index (χ2n) is 8.00. The van der Waals surface area contributed by atoms with E-state index in [1.165, 1.54) is 0 Å². The third-order valence-corrected chi connectivity index (χ3v) is 5.31. The molecule has 31 heavy (non-hydrogen) atoms. The monoisotopic (exact) mass is 410 g/mol. The van der Waals surface area contributed by atoms with Crippen LogP contribution in [-0.4, -0.2) is 5.97 Å². The van der Waals surface area contributed by atoms with E-state index in [4.69, 9.17) is 9.47 Å². The van der Waals surface area contributed by atoms with Crippen molar-refractivity contribution >= 4 is 16.7 Å². The van der Waals surface area contributed by atoms with Crippen molar-refractivity contribution in [1.29, 1.82) is 0 Å². The Morgan fingerprint density at radius 2 is 1.45 bits per heavy atom. The number of carbonyl (C=O) groups excluding carboxylic acids is 1. The molecule has 0 bridgehead atoms. The van der Waals surface area contributed by atoms with Gasteiger partial charge in [0.15, 0.2) is 0 Å². The fourth-order valence-electron chi connectivity index (χ4n) is 3.76. The van der Waals surface area contributed by atoms with Gasteiger partial charge in [-0.05, 0) is 52.1 Å². The number of ether oxygens (including phenoxy) is 2. The van der Waals surface area contributed by atoms with Gasteiger partial charge >= 0.3 is 5.97 Å². The predicted octanol–water partition coefficient (Wildman–Crippen LogP) is 7.12. The third kappa shape index (κ3) is 5.13. The molecule has 3 heteroatoms. The minimum absolute atomic E-state index is 0.126. The number of fused-ring (bicyclic) bond motifs is 1. The zero-order valence-electron chi connectivity index (χ0n) is 17.8. The van der Waals surface area contributed by atoms with Crippen LogP contribution in [0.25, 0.3) is 10.8 Å². The van der Waals surface area contributed by atoms with Crippen LogP contribution in [0.4, 0.5) is 0 Å². The van der Waals surface area contributed by atoms with E-state index in [-0.39, 0.29) is 24.4 Å². The first kappa shape index (κ1) is 20.7. The van der Waals surface area contributed by atoms with Gasteiger partial charge in [0.2, 0.25) is 0 Å². The lowest BCUT2D eigenvalue weighted by Gasteiger charge is -2.20. The molecule has 0 heterocycles. The third-order valence-electron chi connectivity index (χ3n) is 5.31. The smallest absolute Gasteiger partial charge is 0.314 e. The van der Waals surface area contributed by atoms with Gasteiger partial charge in [-0.15, -0.1) is 0 Å². The van der Waals surface area contributed by atoms with Crippen molar-refractivity contribution < 1.29 is 14.3 Å². The van der Waals surface area contributed by atoms with Crippen LogP contribution in [0.1, 0.15) is 30.9 Å². The highest BCUT2D eigenvalue weighted by Crippen LogP contribution is 2.29. The number of para-hydroxylation sites is 1. The number of benzene rings is 4. The highest BCUT2D eigenvalue weighted by Gasteiger charge is 2.26. The number of hydrogen-bond acceptors (Lipinski definition) is 3. The van der Waals surface area contributed by atoms with Crippen molar-refractivity contribution in [1.82, 2.24) is 0 Å². The molecule has 0 aliphatic heterocycles. The molecule has 4 rings (SSSR count). The Hall–Kier alpha value is -3.59. The Kier molecular flexibility index (Phi) is 6.32. The molecule has 0 aliphatic rings. The van der Waals surface area contributed by atoms with Gasteiger partial charge in [-0.25, -0.2) is 0 Å². The van der Waals surface area contributed by atoms with Gasteiger partial charge in [-0.2, -0.15) is 0 Å². The van der Waals surface area contributed by atoms with E-state index in [0.717, 1.165) is 33.4 Å². The summed E-state index contributed by atoms with van der Waals surface area (Å²) in [4.78, 5) is 13.0. The normalized spacial score (nSPS) is 12.0. The van der Waals surface area contributed by atoms with Crippen molar-refractivity contribution in [2.75, 3.05) is 0 Å². The van der Waals surface area contributed by atoms with Gasteiger partial charge in [0, 0.05) is 0 Å². The van der Waals surface area contributed by atoms with E-state index < -0.39 is 0 Å². The summed E-state index contributed by atoms with van der Waals surface area (Å²) in [5.41, 5.74) is 1.88. The Bertz CT molecular complexity index is 1160. The van der Waals surface area contributed by atoms with Gasteiger partial charge in [0.1, 0.15) is 18.1 Å². The van der Waals surface area contributed by atoms with Gasteiger partial charge in [0.25, 0.3) is 0 Å². The second kappa shape index (κ2) is 9.48. The molecule has 0 saturated heterocycles. The minimum Gasteiger partial charge on any atom is -0.460 e. The summed E-state index contributed by atoms with van der Waals surface area (Å²) in [6, 6.07) is 31.6. The molecule has 156 valence electrons. The first-order chi connectivity index (χ1) is 15.1. The van der Waals surface area contributed by atoms with Gasteiger partial charge in [-0.1, -0.05) is 86.6 Å². The molecule has 1 atom stereocenters. The lowest BCUT2D eigenvalue weighted by molar-refractivity contribution is -0.148. The molecule has 0 N–H and O–H groups in total. The van der Waals surface area contributed by atoms with Crippen LogP contribution < -0.4 is 4.74 Å². The largest absolute Gasteiger partial charge is 0.460 e. The average Bonchev–Trinajstić information content (AvgIpc) is 2.78. The Morgan fingerprint density at radius 3 is 2.23 bits per heavy atom. The highest BCUT2D eigenvalue weighted by atomic mass is 16.5. The van der Waals surface area contributed by atoms with Crippen molar-refractivity contribution in [3.8, 4) is 11.5 Å². The first-order valence-corrected chi connectivity index (χ1v) is 10.6. The molecule has 4 aromatic carbocycles. The number of hydrogen-bond donors (Lipinski definition) is 0. The van der Waals surface area contributed by atoms with Gasteiger partial charge < -0.3 is 9.47 Å². The maximum atomic E-state index is 13.0. The van der Waals surface area contributed by atoms with E-state index in [1.807, 2.05) is 72.8 Å². The summed E-state index contributed by atoms with van der Waals surface area (Å²) < 4.78 is 11.6. The standard InChI is InChI=1S/C28H26O3/c1-20(2)27(24-16-15-22-10-6-7-11-23(22)18-24)28(29)30-19-21-9-8-14-26(17-21)31-25-12-4-3-5-13-25/h3-18,20,27H,19H2,1-2H3. The predicted molar refractivity (Wildman–Crippen MR) is 124 cm³/mol. The maximum Gasteiger partial charge on any atom is 0.314 e. The summed E-state index contributed by atoms with van der Waals surface area (Å²) in [6.07, 6.45) is 0. The maximum absolute atomic E-state index is 13.0. The Balaban J connectivity index is 1.46. The van der Waals surface area contributed by atoms with Crippen LogP contribution in [0.15, 0.2) is 97.1 Å². The summed E-state index contributed by atoms with van der Waals surface area (Å²) in [6.45, 7) is 4.31. The van der Waals surface area contributed by atoms with Crippen LogP contribution in [0.5, 0.6) is 11.5 Å².